The van der Waals surface area contributed by atoms with Crippen LogP contribution in [0.15, 0.2) is 22.7 Å². The maximum Gasteiger partial charge on any atom is 0.417 e. The van der Waals surface area contributed by atoms with E-state index in [9.17, 15) is 26.3 Å². The summed E-state index contributed by atoms with van der Waals surface area (Å²) in [7, 11) is 0. The molecule has 0 fully saturated rings. The summed E-state index contributed by atoms with van der Waals surface area (Å²) in [6.07, 6.45) is -8.61. The lowest BCUT2D eigenvalue weighted by atomic mass is 10.2. The van der Waals surface area contributed by atoms with Crippen LogP contribution in [-0.4, -0.2) is 25.9 Å². The van der Waals surface area contributed by atoms with Crippen LogP contribution in [-0.2, 0) is 10.9 Å². The van der Waals surface area contributed by atoms with Gasteiger partial charge in [-0.2, -0.15) is 26.3 Å². The number of alkyl halides is 6. The van der Waals surface area contributed by atoms with Crippen molar-refractivity contribution >= 4 is 21.6 Å². The van der Waals surface area contributed by atoms with Gasteiger partial charge in [0.1, 0.15) is 6.61 Å². The lowest BCUT2D eigenvalue weighted by molar-refractivity contribution is -0.173. The third-order valence-corrected chi connectivity index (χ3v) is 3.02. The molecule has 0 saturated carbocycles. The SMILES string of the molecule is FC(F)(F)COCCCNc1ccc(Br)c(C(F)(F)F)c1. The van der Waals surface area contributed by atoms with Gasteiger partial charge in [0.05, 0.1) is 5.56 Å². The second-order valence-electron chi connectivity index (χ2n) is 4.14. The van der Waals surface area contributed by atoms with Gasteiger partial charge in [0, 0.05) is 23.3 Å². The predicted molar refractivity (Wildman–Crippen MR) is 69.1 cm³/mol. The van der Waals surface area contributed by atoms with Crippen LogP contribution < -0.4 is 5.32 Å². The molecule has 9 heteroatoms. The van der Waals surface area contributed by atoms with Crippen molar-refractivity contribution in [2.75, 3.05) is 25.1 Å². The van der Waals surface area contributed by atoms with E-state index in [1.807, 2.05) is 0 Å². The van der Waals surface area contributed by atoms with Crippen molar-refractivity contribution in [3.8, 4) is 0 Å². The molecule has 0 heterocycles. The van der Waals surface area contributed by atoms with Gasteiger partial charge in [0.15, 0.2) is 0 Å². The summed E-state index contributed by atoms with van der Waals surface area (Å²) in [6, 6.07) is 3.63. The first kappa shape index (κ1) is 18.1. The van der Waals surface area contributed by atoms with E-state index in [4.69, 9.17) is 0 Å². The average molecular weight is 380 g/mol. The van der Waals surface area contributed by atoms with E-state index in [1.54, 1.807) is 0 Å². The topological polar surface area (TPSA) is 21.3 Å². The first-order valence-corrected chi connectivity index (χ1v) is 6.64. The molecule has 0 aliphatic heterocycles. The Balaban J connectivity index is 2.40. The molecule has 1 N–H and O–H groups in total. The Kier molecular flexibility index (Phi) is 6.33. The second kappa shape index (κ2) is 7.35. The van der Waals surface area contributed by atoms with Crippen molar-refractivity contribution in [3.63, 3.8) is 0 Å². The van der Waals surface area contributed by atoms with Gasteiger partial charge in [-0.25, -0.2) is 0 Å². The molecule has 0 amide bonds. The number of anilines is 1. The van der Waals surface area contributed by atoms with Gasteiger partial charge in [-0.3, -0.25) is 0 Å². The first-order valence-electron chi connectivity index (χ1n) is 5.85. The normalized spacial score (nSPS) is 12.5. The van der Waals surface area contributed by atoms with Crippen molar-refractivity contribution < 1.29 is 31.1 Å². The molecular formula is C12H12BrF6NO. The molecule has 1 aromatic carbocycles. The summed E-state index contributed by atoms with van der Waals surface area (Å²) < 4.78 is 77.6. The van der Waals surface area contributed by atoms with Gasteiger partial charge in [0.25, 0.3) is 0 Å². The van der Waals surface area contributed by atoms with Crippen LogP contribution in [0.4, 0.5) is 32.0 Å². The van der Waals surface area contributed by atoms with Crippen molar-refractivity contribution in [3.05, 3.63) is 28.2 Å². The molecule has 0 aliphatic rings. The minimum Gasteiger partial charge on any atom is -0.385 e. The standard InChI is InChI=1S/C12H12BrF6NO/c13-10-3-2-8(6-9(10)12(17,18)19)20-4-1-5-21-7-11(14,15)16/h2-3,6,20H,1,4-5,7H2. The Morgan fingerprint density at radius 3 is 2.33 bits per heavy atom. The van der Waals surface area contributed by atoms with Crippen LogP contribution in [0.2, 0.25) is 0 Å². The smallest absolute Gasteiger partial charge is 0.385 e. The fraction of sp³-hybridized carbons (Fsp3) is 0.500. The van der Waals surface area contributed by atoms with Gasteiger partial charge >= 0.3 is 12.4 Å². The third kappa shape index (κ3) is 7.03. The molecule has 120 valence electrons. The molecule has 0 aliphatic carbocycles. The number of ether oxygens (including phenoxy) is 1. The summed E-state index contributed by atoms with van der Waals surface area (Å²) in [4.78, 5) is 0. The fourth-order valence-electron chi connectivity index (χ4n) is 1.45. The van der Waals surface area contributed by atoms with Crippen molar-refractivity contribution in [1.29, 1.82) is 0 Å². The zero-order chi connectivity index (χ0) is 16.1. The minimum atomic E-state index is -4.48. The highest BCUT2D eigenvalue weighted by molar-refractivity contribution is 9.10. The second-order valence-corrected chi connectivity index (χ2v) is 4.99. The van der Waals surface area contributed by atoms with Crippen molar-refractivity contribution in [2.24, 2.45) is 0 Å². The van der Waals surface area contributed by atoms with Gasteiger partial charge in [-0.15, -0.1) is 0 Å². The largest absolute Gasteiger partial charge is 0.417 e. The lowest BCUT2D eigenvalue weighted by Gasteiger charge is -2.13. The Morgan fingerprint density at radius 1 is 1.10 bits per heavy atom. The minimum absolute atomic E-state index is 0.0749. The van der Waals surface area contributed by atoms with Gasteiger partial charge < -0.3 is 10.1 Å². The number of hydrogen-bond donors (Lipinski definition) is 1. The van der Waals surface area contributed by atoms with Gasteiger partial charge in [-0.05, 0) is 24.6 Å². The Morgan fingerprint density at radius 2 is 1.76 bits per heavy atom. The van der Waals surface area contributed by atoms with Crippen molar-refractivity contribution in [2.45, 2.75) is 18.8 Å². The number of benzene rings is 1. The molecule has 2 nitrogen and oxygen atoms in total. The molecule has 0 saturated heterocycles. The highest BCUT2D eigenvalue weighted by atomic mass is 79.9. The number of nitrogens with one attached hydrogen (secondary N) is 1. The van der Waals surface area contributed by atoms with E-state index in [0.717, 1.165) is 6.07 Å². The van der Waals surface area contributed by atoms with Crippen LogP contribution in [0.1, 0.15) is 12.0 Å². The molecule has 21 heavy (non-hydrogen) atoms. The van der Waals surface area contributed by atoms with E-state index < -0.39 is 24.5 Å². The molecule has 1 aromatic rings. The van der Waals surface area contributed by atoms with Crippen LogP contribution >= 0.6 is 15.9 Å². The van der Waals surface area contributed by atoms with Gasteiger partial charge in [-0.1, -0.05) is 15.9 Å². The quantitative estimate of drug-likeness (QED) is 0.563. The average Bonchev–Trinajstić information content (AvgIpc) is 2.32. The zero-order valence-electron chi connectivity index (χ0n) is 10.6. The number of halogens is 7. The summed E-state index contributed by atoms with van der Waals surface area (Å²) in [6.45, 7) is -1.25. The molecule has 0 bridgehead atoms. The summed E-state index contributed by atoms with van der Waals surface area (Å²) in [5.41, 5.74) is -0.581. The predicted octanol–water partition coefficient (Wildman–Crippen LogP) is 4.85. The first-order chi connectivity index (χ1) is 9.59. The van der Waals surface area contributed by atoms with E-state index in [1.165, 1.54) is 12.1 Å². The maximum atomic E-state index is 12.6. The molecular weight excluding hydrogens is 368 g/mol. The monoisotopic (exact) mass is 379 g/mol. The summed E-state index contributed by atoms with van der Waals surface area (Å²) >= 11 is 2.81. The maximum absolute atomic E-state index is 12.6. The lowest BCUT2D eigenvalue weighted by Crippen LogP contribution is -2.18. The fourth-order valence-corrected chi connectivity index (χ4v) is 1.92. The van der Waals surface area contributed by atoms with E-state index >= 15 is 0 Å². The van der Waals surface area contributed by atoms with Crippen LogP contribution in [0.3, 0.4) is 0 Å². The van der Waals surface area contributed by atoms with E-state index in [0.29, 0.717) is 0 Å². The summed E-state index contributed by atoms with van der Waals surface area (Å²) in [5, 5.41) is 2.70. The molecule has 1 rings (SSSR count). The van der Waals surface area contributed by atoms with Crippen LogP contribution in [0, 0.1) is 0 Å². The molecule has 0 unspecified atom stereocenters. The van der Waals surface area contributed by atoms with E-state index in [-0.39, 0.29) is 29.7 Å². The Hall–Kier alpha value is -0.960. The van der Waals surface area contributed by atoms with Crippen molar-refractivity contribution in [1.82, 2.24) is 0 Å². The zero-order valence-corrected chi connectivity index (χ0v) is 12.2. The Bertz CT molecular complexity index is 460. The highest BCUT2D eigenvalue weighted by Crippen LogP contribution is 2.36. The number of rotatable bonds is 6. The van der Waals surface area contributed by atoms with Gasteiger partial charge in [0.2, 0.25) is 0 Å². The molecule has 0 atom stereocenters. The number of hydrogen-bond acceptors (Lipinski definition) is 2. The van der Waals surface area contributed by atoms with Crippen LogP contribution in [0.5, 0.6) is 0 Å². The molecule has 0 radical (unpaired) electrons. The third-order valence-electron chi connectivity index (χ3n) is 2.33. The van der Waals surface area contributed by atoms with E-state index in [2.05, 4.69) is 26.0 Å². The highest BCUT2D eigenvalue weighted by Gasteiger charge is 2.33. The van der Waals surface area contributed by atoms with Crippen LogP contribution in [0.25, 0.3) is 0 Å². The Labute approximate surface area is 125 Å². The molecule has 0 aromatic heterocycles. The summed E-state index contributed by atoms with van der Waals surface area (Å²) in [5.74, 6) is 0. The molecule has 0 spiro atoms.